The summed E-state index contributed by atoms with van der Waals surface area (Å²) in [5.74, 6) is -0.420. The average molecular weight is 310 g/mol. The molecule has 5 nitrogen and oxygen atoms in total. The number of hydrogen-bond acceptors (Lipinski definition) is 4. The van der Waals surface area contributed by atoms with Crippen LogP contribution >= 0.6 is 0 Å². The fraction of sp³-hybridized carbons (Fsp3) is 0.562. The fourth-order valence-corrected chi connectivity index (χ4v) is 2.54. The van der Waals surface area contributed by atoms with Crippen LogP contribution in [0.5, 0.6) is 5.75 Å². The van der Waals surface area contributed by atoms with E-state index in [9.17, 15) is 9.18 Å². The Hall–Kier alpha value is -1.66. The molecule has 0 saturated carbocycles. The second kappa shape index (κ2) is 8.10. The molecular weight excluding hydrogens is 287 g/mol. The monoisotopic (exact) mass is 310 g/mol. The Morgan fingerprint density at radius 3 is 2.95 bits per heavy atom. The van der Waals surface area contributed by atoms with Gasteiger partial charge >= 0.3 is 0 Å². The molecule has 2 rings (SSSR count). The molecule has 0 radical (unpaired) electrons. The first-order chi connectivity index (χ1) is 10.6. The molecule has 1 amide bonds. The highest BCUT2D eigenvalue weighted by Gasteiger charge is 2.24. The summed E-state index contributed by atoms with van der Waals surface area (Å²) in [6.07, 6.45) is 1.60. The molecule has 0 aliphatic carbocycles. The van der Waals surface area contributed by atoms with Gasteiger partial charge in [-0.1, -0.05) is 0 Å². The molecule has 0 aromatic heterocycles. The third-order valence-electron chi connectivity index (χ3n) is 3.74. The van der Waals surface area contributed by atoms with Gasteiger partial charge in [0.05, 0.1) is 6.61 Å². The highest BCUT2D eigenvalue weighted by molar-refractivity contribution is 5.92. The Morgan fingerprint density at radius 1 is 1.45 bits per heavy atom. The lowest BCUT2D eigenvalue weighted by molar-refractivity contribution is -0.120. The van der Waals surface area contributed by atoms with Crippen molar-refractivity contribution >= 4 is 11.6 Å². The van der Waals surface area contributed by atoms with Crippen LogP contribution in [0.1, 0.15) is 19.8 Å². The van der Waals surface area contributed by atoms with Gasteiger partial charge in [0.15, 0.2) is 11.6 Å². The number of ether oxygens (including phenoxy) is 2. The fourth-order valence-electron chi connectivity index (χ4n) is 2.54. The Kier molecular flexibility index (Phi) is 6.15. The van der Waals surface area contributed by atoms with Gasteiger partial charge in [-0.05, 0) is 38.4 Å². The zero-order valence-electron chi connectivity index (χ0n) is 13.0. The smallest absolute Gasteiger partial charge is 0.227 e. The topological polar surface area (TPSA) is 59.6 Å². The summed E-state index contributed by atoms with van der Waals surface area (Å²) >= 11 is 0. The van der Waals surface area contributed by atoms with E-state index in [-0.39, 0.29) is 24.2 Å². The number of anilines is 1. The second-order valence-electron chi connectivity index (χ2n) is 5.55. The Bertz CT molecular complexity index is 510. The molecule has 122 valence electrons. The predicted molar refractivity (Wildman–Crippen MR) is 82.6 cm³/mol. The maximum absolute atomic E-state index is 13.9. The van der Waals surface area contributed by atoms with Gasteiger partial charge in [0.1, 0.15) is 6.61 Å². The summed E-state index contributed by atoms with van der Waals surface area (Å²) in [5, 5.41) is 6.09. The van der Waals surface area contributed by atoms with Crippen molar-refractivity contribution in [3.63, 3.8) is 0 Å². The zero-order chi connectivity index (χ0) is 15.9. The van der Waals surface area contributed by atoms with Crippen molar-refractivity contribution in [2.45, 2.75) is 25.8 Å². The minimum absolute atomic E-state index is 0.0306. The summed E-state index contributed by atoms with van der Waals surface area (Å²) < 4.78 is 24.0. The van der Waals surface area contributed by atoms with E-state index in [1.165, 1.54) is 12.1 Å². The van der Waals surface area contributed by atoms with Crippen LogP contribution in [0.3, 0.4) is 0 Å². The number of nitrogens with one attached hydrogen (secondary N) is 2. The van der Waals surface area contributed by atoms with Gasteiger partial charge in [-0.25, -0.2) is 4.39 Å². The normalized spacial score (nSPS) is 21.4. The summed E-state index contributed by atoms with van der Waals surface area (Å²) in [4.78, 5) is 12.2. The standard InChI is InChI=1S/C16H23FN2O3/c1-11-9-12(5-6-18-11)16(20)19-13-3-4-15(14(17)10-13)22-8-7-21-2/h3-4,10-12,18H,5-9H2,1-2H3,(H,19,20)/t11-,12-/m0/s1. The summed E-state index contributed by atoms with van der Waals surface area (Å²) in [7, 11) is 1.56. The molecule has 1 heterocycles. The lowest BCUT2D eigenvalue weighted by atomic mass is 9.92. The number of carbonyl (C=O) groups is 1. The lowest BCUT2D eigenvalue weighted by Gasteiger charge is -2.27. The molecule has 2 N–H and O–H groups in total. The summed E-state index contributed by atoms with van der Waals surface area (Å²) in [6, 6.07) is 4.78. The largest absolute Gasteiger partial charge is 0.488 e. The van der Waals surface area contributed by atoms with Gasteiger partial charge in [0.2, 0.25) is 5.91 Å². The first kappa shape index (κ1) is 16.7. The Balaban J connectivity index is 1.92. The lowest BCUT2D eigenvalue weighted by Crippen LogP contribution is -2.40. The average Bonchev–Trinajstić information content (AvgIpc) is 2.49. The molecule has 2 atom stereocenters. The van der Waals surface area contributed by atoms with E-state index >= 15 is 0 Å². The molecule has 22 heavy (non-hydrogen) atoms. The number of halogens is 1. The Morgan fingerprint density at radius 2 is 2.27 bits per heavy atom. The van der Waals surface area contributed by atoms with E-state index in [1.807, 2.05) is 0 Å². The Labute approximate surface area is 130 Å². The van der Waals surface area contributed by atoms with Crippen molar-refractivity contribution < 1.29 is 18.7 Å². The third kappa shape index (κ3) is 4.68. The van der Waals surface area contributed by atoms with Gasteiger partial charge < -0.3 is 20.1 Å². The van der Waals surface area contributed by atoms with Gasteiger partial charge in [-0.15, -0.1) is 0 Å². The van der Waals surface area contributed by atoms with Crippen LogP contribution in [0.25, 0.3) is 0 Å². The van der Waals surface area contributed by atoms with E-state index in [1.54, 1.807) is 13.2 Å². The molecule has 6 heteroatoms. The van der Waals surface area contributed by atoms with E-state index < -0.39 is 5.82 Å². The molecule has 0 bridgehead atoms. The quantitative estimate of drug-likeness (QED) is 0.791. The molecule has 1 aliphatic rings. The minimum atomic E-state index is -0.493. The highest BCUT2D eigenvalue weighted by Crippen LogP contribution is 2.23. The van der Waals surface area contributed by atoms with Crippen molar-refractivity contribution in [1.82, 2.24) is 5.32 Å². The minimum Gasteiger partial charge on any atom is -0.488 e. The number of methoxy groups -OCH3 is 1. The van der Waals surface area contributed by atoms with Crippen LogP contribution in [0.15, 0.2) is 18.2 Å². The first-order valence-corrected chi connectivity index (χ1v) is 7.55. The number of hydrogen-bond donors (Lipinski definition) is 2. The molecule has 1 fully saturated rings. The van der Waals surface area contributed by atoms with Crippen molar-refractivity contribution in [3.8, 4) is 5.75 Å². The van der Waals surface area contributed by atoms with Crippen molar-refractivity contribution in [1.29, 1.82) is 0 Å². The van der Waals surface area contributed by atoms with Crippen LogP contribution in [0, 0.1) is 11.7 Å². The first-order valence-electron chi connectivity index (χ1n) is 7.55. The van der Waals surface area contributed by atoms with E-state index in [0.29, 0.717) is 18.3 Å². The summed E-state index contributed by atoms with van der Waals surface area (Å²) in [5.41, 5.74) is 0.452. The van der Waals surface area contributed by atoms with E-state index in [2.05, 4.69) is 17.6 Å². The van der Waals surface area contributed by atoms with Crippen LogP contribution < -0.4 is 15.4 Å². The number of carbonyl (C=O) groups excluding carboxylic acids is 1. The van der Waals surface area contributed by atoms with Crippen molar-refractivity contribution in [2.75, 3.05) is 32.2 Å². The maximum atomic E-state index is 13.9. The molecule has 1 saturated heterocycles. The summed E-state index contributed by atoms with van der Waals surface area (Å²) in [6.45, 7) is 3.57. The van der Waals surface area contributed by atoms with Crippen molar-refractivity contribution in [2.24, 2.45) is 5.92 Å². The SMILES string of the molecule is COCCOc1ccc(NC(=O)[C@H]2CCN[C@@H](C)C2)cc1F. The van der Waals surface area contributed by atoms with E-state index in [0.717, 1.165) is 19.4 Å². The van der Waals surface area contributed by atoms with Crippen LogP contribution in [0.4, 0.5) is 10.1 Å². The zero-order valence-corrected chi connectivity index (χ0v) is 13.0. The molecule has 1 aromatic carbocycles. The van der Waals surface area contributed by atoms with E-state index in [4.69, 9.17) is 9.47 Å². The molecule has 0 spiro atoms. The van der Waals surface area contributed by atoms with Crippen LogP contribution in [-0.2, 0) is 9.53 Å². The second-order valence-corrected chi connectivity index (χ2v) is 5.55. The molecule has 1 aliphatic heterocycles. The van der Waals surface area contributed by atoms with Gasteiger partial charge in [0.25, 0.3) is 0 Å². The van der Waals surface area contributed by atoms with Crippen LogP contribution in [0.2, 0.25) is 0 Å². The number of benzene rings is 1. The third-order valence-corrected chi connectivity index (χ3v) is 3.74. The number of amides is 1. The molecule has 0 unspecified atom stereocenters. The number of piperidine rings is 1. The molecular formula is C16H23FN2O3. The van der Waals surface area contributed by atoms with Crippen LogP contribution in [-0.4, -0.2) is 38.8 Å². The number of rotatable bonds is 6. The van der Waals surface area contributed by atoms with Gasteiger partial charge in [-0.3, -0.25) is 4.79 Å². The van der Waals surface area contributed by atoms with Gasteiger partial charge in [-0.2, -0.15) is 0 Å². The predicted octanol–water partition coefficient (Wildman–Crippen LogP) is 2.18. The maximum Gasteiger partial charge on any atom is 0.227 e. The van der Waals surface area contributed by atoms with Gasteiger partial charge in [0, 0.05) is 30.8 Å². The van der Waals surface area contributed by atoms with Crippen molar-refractivity contribution in [3.05, 3.63) is 24.0 Å². The molecule has 1 aromatic rings. The highest BCUT2D eigenvalue weighted by atomic mass is 19.1.